The normalized spacial score (nSPS) is 16.4. The zero-order valence-corrected chi connectivity index (χ0v) is 17.0. The van der Waals surface area contributed by atoms with Crippen LogP contribution in [0.5, 0.6) is 0 Å². The lowest BCUT2D eigenvalue weighted by atomic mass is 9.98. The van der Waals surface area contributed by atoms with Crippen molar-refractivity contribution in [2.24, 2.45) is 5.92 Å². The van der Waals surface area contributed by atoms with Crippen molar-refractivity contribution in [1.29, 1.82) is 0 Å². The molecule has 6 nitrogen and oxygen atoms in total. The number of benzene rings is 1. The summed E-state index contributed by atoms with van der Waals surface area (Å²) in [4.78, 5) is 7.04. The summed E-state index contributed by atoms with van der Waals surface area (Å²) in [5, 5.41) is 7.58. The number of aromatic amines is 1. The third-order valence-corrected chi connectivity index (χ3v) is 5.32. The van der Waals surface area contributed by atoms with Gasteiger partial charge in [0.1, 0.15) is 5.82 Å². The Kier molecular flexibility index (Phi) is 6.06. The van der Waals surface area contributed by atoms with E-state index in [2.05, 4.69) is 44.7 Å². The van der Waals surface area contributed by atoms with E-state index in [0.717, 1.165) is 48.6 Å². The van der Waals surface area contributed by atoms with Crippen LogP contribution in [0.4, 0.5) is 4.39 Å². The summed E-state index contributed by atoms with van der Waals surface area (Å²) in [7, 11) is 0. The molecule has 154 valence electrons. The molecular weight excluding hydrogens is 369 g/mol. The van der Waals surface area contributed by atoms with Gasteiger partial charge in [-0.1, -0.05) is 26.0 Å². The molecule has 0 bridgehead atoms. The van der Waals surface area contributed by atoms with Crippen LogP contribution in [0.2, 0.25) is 0 Å². The Morgan fingerprint density at radius 1 is 1.17 bits per heavy atom. The maximum Gasteiger partial charge on any atom is 0.123 e. The Labute approximate surface area is 170 Å². The molecule has 1 aromatic carbocycles. The zero-order chi connectivity index (χ0) is 20.2. The zero-order valence-electron chi connectivity index (χ0n) is 17.0. The van der Waals surface area contributed by atoms with Crippen LogP contribution in [0.3, 0.4) is 0 Å². The van der Waals surface area contributed by atoms with Crippen LogP contribution in [-0.4, -0.2) is 51.0 Å². The highest BCUT2D eigenvalue weighted by Crippen LogP contribution is 2.32. The van der Waals surface area contributed by atoms with Crippen LogP contribution in [0.1, 0.15) is 31.1 Å². The van der Waals surface area contributed by atoms with Crippen molar-refractivity contribution in [3.05, 3.63) is 60.1 Å². The van der Waals surface area contributed by atoms with Crippen LogP contribution < -0.4 is 0 Å². The van der Waals surface area contributed by atoms with Crippen molar-refractivity contribution < 1.29 is 9.13 Å². The number of H-pyrrole nitrogens is 1. The molecule has 3 heterocycles. The Hall–Kier alpha value is -2.51. The minimum atomic E-state index is -0.213. The number of rotatable bonds is 7. The van der Waals surface area contributed by atoms with Gasteiger partial charge in [0, 0.05) is 31.4 Å². The molecule has 0 radical (unpaired) electrons. The highest BCUT2D eigenvalue weighted by atomic mass is 19.1. The van der Waals surface area contributed by atoms with E-state index in [0.29, 0.717) is 19.1 Å². The van der Waals surface area contributed by atoms with Gasteiger partial charge in [-0.3, -0.25) is 10.00 Å². The quantitative estimate of drug-likeness (QED) is 0.661. The van der Waals surface area contributed by atoms with E-state index in [4.69, 9.17) is 4.74 Å². The second-order valence-corrected chi connectivity index (χ2v) is 8.04. The fourth-order valence-corrected chi connectivity index (χ4v) is 3.92. The first-order chi connectivity index (χ1) is 14.1. The molecule has 1 unspecified atom stereocenters. The summed E-state index contributed by atoms with van der Waals surface area (Å²) in [5.41, 5.74) is 4.08. The van der Waals surface area contributed by atoms with Gasteiger partial charge in [-0.05, 0) is 30.0 Å². The van der Waals surface area contributed by atoms with Crippen molar-refractivity contribution in [1.82, 2.24) is 24.6 Å². The van der Waals surface area contributed by atoms with Gasteiger partial charge in [0.15, 0.2) is 0 Å². The largest absolute Gasteiger partial charge is 0.379 e. The molecule has 1 saturated heterocycles. The summed E-state index contributed by atoms with van der Waals surface area (Å²) in [6, 6.07) is 6.85. The van der Waals surface area contributed by atoms with E-state index in [1.807, 2.05) is 24.7 Å². The first-order valence-electron chi connectivity index (χ1n) is 10.2. The Balaban J connectivity index is 1.65. The molecule has 1 atom stereocenters. The molecule has 0 amide bonds. The molecule has 1 aliphatic heterocycles. The topological polar surface area (TPSA) is 59.0 Å². The molecule has 4 rings (SSSR count). The van der Waals surface area contributed by atoms with E-state index in [9.17, 15) is 4.39 Å². The molecule has 0 saturated carbocycles. The third kappa shape index (κ3) is 4.74. The minimum Gasteiger partial charge on any atom is -0.379 e. The highest BCUT2D eigenvalue weighted by molar-refractivity contribution is 5.61. The van der Waals surface area contributed by atoms with Crippen molar-refractivity contribution in [3.8, 4) is 11.3 Å². The van der Waals surface area contributed by atoms with E-state index in [1.165, 1.54) is 12.1 Å². The summed E-state index contributed by atoms with van der Waals surface area (Å²) in [6.45, 7) is 8.46. The summed E-state index contributed by atoms with van der Waals surface area (Å²) in [6.07, 6.45) is 6.59. The molecule has 3 aromatic rings. The van der Waals surface area contributed by atoms with Gasteiger partial charge in [0.25, 0.3) is 0 Å². The Morgan fingerprint density at radius 3 is 2.66 bits per heavy atom. The van der Waals surface area contributed by atoms with Crippen LogP contribution in [0, 0.1) is 11.7 Å². The first-order valence-corrected chi connectivity index (χ1v) is 10.2. The van der Waals surface area contributed by atoms with E-state index >= 15 is 0 Å². The van der Waals surface area contributed by atoms with Gasteiger partial charge in [-0.15, -0.1) is 0 Å². The molecule has 0 spiro atoms. The van der Waals surface area contributed by atoms with Gasteiger partial charge in [-0.25, -0.2) is 9.37 Å². The SMILES string of the molecule is CC(C)Cn1cnc(-c2cn[nH]c2C(Cc2ccc(F)cc2)N2CCOCC2)c1. The predicted molar refractivity (Wildman–Crippen MR) is 110 cm³/mol. The molecule has 2 aromatic heterocycles. The Morgan fingerprint density at radius 2 is 1.93 bits per heavy atom. The second-order valence-electron chi connectivity index (χ2n) is 8.04. The summed E-state index contributed by atoms with van der Waals surface area (Å²) < 4.78 is 21.1. The number of imidazole rings is 1. The number of ether oxygens (including phenoxy) is 1. The first kappa shape index (κ1) is 19.8. The molecule has 1 N–H and O–H groups in total. The lowest BCUT2D eigenvalue weighted by Crippen LogP contribution is -2.40. The fraction of sp³-hybridized carbons (Fsp3) is 0.455. The lowest BCUT2D eigenvalue weighted by molar-refractivity contribution is 0.0153. The smallest absolute Gasteiger partial charge is 0.123 e. The highest BCUT2D eigenvalue weighted by Gasteiger charge is 2.27. The number of nitrogens with one attached hydrogen (secondary N) is 1. The molecule has 7 heteroatoms. The van der Waals surface area contributed by atoms with E-state index in [1.54, 1.807) is 0 Å². The van der Waals surface area contributed by atoms with Crippen molar-refractivity contribution >= 4 is 0 Å². The second kappa shape index (κ2) is 8.88. The van der Waals surface area contributed by atoms with E-state index in [-0.39, 0.29) is 11.9 Å². The lowest BCUT2D eigenvalue weighted by Gasteiger charge is -2.34. The van der Waals surface area contributed by atoms with Gasteiger partial charge < -0.3 is 9.30 Å². The Bertz CT molecular complexity index is 911. The molecule has 1 aliphatic rings. The number of nitrogens with zero attached hydrogens (tertiary/aromatic N) is 4. The number of hydrogen-bond donors (Lipinski definition) is 1. The van der Waals surface area contributed by atoms with Crippen molar-refractivity contribution in [2.45, 2.75) is 32.9 Å². The molecule has 29 heavy (non-hydrogen) atoms. The van der Waals surface area contributed by atoms with Crippen LogP contribution in [-0.2, 0) is 17.7 Å². The van der Waals surface area contributed by atoms with Crippen LogP contribution in [0.25, 0.3) is 11.3 Å². The monoisotopic (exact) mass is 397 g/mol. The van der Waals surface area contributed by atoms with Gasteiger partial charge >= 0.3 is 0 Å². The minimum absolute atomic E-state index is 0.0945. The molecule has 1 fully saturated rings. The van der Waals surface area contributed by atoms with Gasteiger partial charge in [0.05, 0.1) is 43.2 Å². The standard InChI is InChI=1S/C22H28FN5O/c1-16(2)13-27-14-20(24-15-27)19-12-25-26-22(19)21(28-7-9-29-10-8-28)11-17-3-5-18(23)6-4-17/h3-6,12,14-16,21H,7-11,13H2,1-2H3,(H,25,26). The summed E-state index contributed by atoms with van der Waals surface area (Å²) >= 11 is 0. The summed E-state index contributed by atoms with van der Waals surface area (Å²) in [5.74, 6) is 0.343. The third-order valence-electron chi connectivity index (χ3n) is 5.32. The number of aromatic nitrogens is 4. The number of halogens is 1. The number of hydrogen-bond acceptors (Lipinski definition) is 4. The predicted octanol–water partition coefficient (Wildman–Crippen LogP) is 3.68. The molecule has 0 aliphatic carbocycles. The maximum atomic E-state index is 13.4. The maximum absolute atomic E-state index is 13.4. The van der Waals surface area contributed by atoms with Gasteiger partial charge in [-0.2, -0.15) is 5.10 Å². The van der Waals surface area contributed by atoms with Gasteiger partial charge in [0.2, 0.25) is 0 Å². The van der Waals surface area contributed by atoms with Crippen LogP contribution >= 0.6 is 0 Å². The fourth-order valence-electron chi connectivity index (χ4n) is 3.92. The van der Waals surface area contributed by atoms with Crippen LogP contribution in [0.15, 0.2) is 43.0 Å². The average molecular weight is 397 g/mol. The number of morpholine rings is 1. The van der Waals surface area contributed by atoms with E-state index < -0.39 is 0 Å². The average Bonchev–Trinajstić information content (AvgIpc) is 3.37. The van der Waals surface area contributed by atoms with Crippen molar-refractivity contribution in [2.75, 3.05) is 26.3 Å². The molecular formula is C22H28FN5O. The van der Waals surface area contributed by atoms with Crippen molar-refractivity contribution in [3.63, 3.8) is 0 Å².